The number of alkyl halides is 1. The molecule has 4 heteroatoms. The summed E-state index contributed by atoms with van der Waals surface area (Å²) in [6.45, 7) is 9.78. The van der Waals surface area contributed by atoms with Gasteiger partial charge in [-0.05, 0) is 6.04 Å². The predicted molar refractivity (Wildman–Crippen MR) is 67.5 cm³/mol. The van der Waals surface area contributed by atoms with Gasteiger partial charge in [-0.25, -0.2) is 0 Å². The summed E-state index contributed by atoms with van der Waals surface area (Å²) >= 11 is 3.56. The Balaban J connectivity index is 2.05. The van der Waals surface area contributed by atoms with Crippen molar-refractivity contribution in [2.75, 3.05) is 19.9 Å². The van der Waals surface area contributed by atoms with E-state index >= 15 is 0 Å². The average Bonchev–Trinajstić information content (AvgIpc) is 2.44. The minimum Gasteiger partial charge on any atom is -0.366 e. The Labute approximate surface area is 96.5 Å². The van der Waals surface area contributed by atoms with E-state index in [0.29, 0.717) is 4.95 Å². The van der Waals surface area contributed by atoms with Crippen LogP contribution < -0.4 is 0 Å². The summed E-state index contributed by atoms with van der Waals surface area (Å²) in [5, 5.41) is 0. The molecule has 1 aliphatic rings. The van der Waals surface area contributed by atoms with E-state index in [-0.39, 0.29) is 0 Å². The van der Waals surface area contributed by atoms with Gasteiger partial charge in [-0.3, -0.25) is 4.90 Å². The largest absolute Gasteiger partial charge is 0.366 e. The van der Waals surface area contributed by atoms with Crippen LogP contribution in [0.15, 0.2) is 12.2 Å². The second-order valence-corrected chi connectivity index (χ2v) is 11.5. The Hall–Kier alpha value is 0.357. The van der Waals surface area contributed by atoms with Crippen LogP contribution in [-0.4, -0.2) is 37.8 Å². The summed E-state index contributed by atoms with van der Waals surface area (Å²) in [5.41, 5.74) is 0. The molecule has 2 nitrogen and oxygen atoms in total. The smallest absolute Gasteiger partial charge is 0.100 e. The van der Waals surface area contributed by atoms with E-state index < -0.39 is 8.07 Å². The van der Waals surface area contributed by atoms with Crippen LogP contribution in [0.25, 0.3) is 0 Å². The maximum Gasteiger partial charge on any atom is 0.100 e. The van der Waals surface area contributed by atoms with Crippen molar-refractivity contribution in [1.82, 2.24) is 4.90 Å². The first-order valence-corrected chi connectivity index (χ1v) is 9.74. The summed E-state index contributed by atoms with van der Waals surface area (Å²) in [5.74, 6) is 0. The van der Waals surface area contributed by atoms with Gasteiger partial charge in [0.05, 0.1) is 4.95 Å². The van der Waals surface area contributed by atoms with Crippen LogP contribution >= 0.6 is 15.9 Å². The molecule has 1 unspecified atom stereocenters. The molecule has 0 fully saturated rings. The van der Waals surface area contributed by atoms with Crippen LogP contribution in [0.4, 0.5) is 0 Å². The number of ether oxygens (including phenoxy) is 1. The first kappa shape index (κ1) is 12.4. The third-order valence-electron chi connectivity index (χ3n) is 2.24. The van der Waals surface area contributed by atoms with E-state index in [1.165, 1.54) is 6.04 Å². The number of halogens is 1. The van der Waals surface area contributed by atoms with Crippen LogP contribution in [0.2, 0.25) is 25.7 Å². The highest BCUT2D eigenvalue weighted by Crippen LogP contribution is 2.15. The van der Waals surface area contributed by atoms with E-state index in [2.05, 4.69) is 52.6 Å². The van der Waals surface area contributed by atoms with Crippen molar-refractivity contribution in [2.24, 2.45) is 0 Å². The fourth-order valence-corrected chi connectivity index (χ4v) is 2.47. The number of nitrogens with zero attached hydrogens (tertiary/aromatic N) is 1. The molecule has 0 saturated carbocycles. The van der Waals surface area contributed by atoms with Gasteiger partial charge in [0.2, 0.25) is 0 Å². The van der Waals surface area contributed by atoms with Gasteiger partial charge in [-0.2, -0.15) is 0 Å². The van der Waals surface area contributed by atoms with Gasteiger partial charge >= 0.3 is 0 Å². The third-order valence-corrected chi connectivity index (χ3v) is 4.83. The summed E-state index contributed by atoms with van der Waals surface area (Å²) in [6.07, 6.45) is 4.32. The first-order chi connectivity index (χ1) is 6.49. The fraction of sp³-hybridized carbons (Fsp3) is 0.800. The molecule has 0 bridgehead atoms. The quantitative estimate of drug-likeness (QED) is 0.252. The van der Waals surface area contributed by atoms with Gasteiger partial charge in [0, 0.05) is 21.2 Å². The molecule has 82 valence electrons. The highest BCUT2D eigenvalue weighted by atomic mass is 79.9. The Morgan fingerprint density at radius 1 is 1.50 bits per heavy atom. The van der Waals surface area contributed by atoms with Gasteiger partial charge in [0.15, 0.2) is 0 Å². The van der Waals surface area contributed by atoms with Gasteiger partial charge in [-0.15, -0.1) is 0 Å². The first-order valence-electron chi connectivity index (χ1n) is 5.11. The summed E-state index contributed by atoms with van der Waals surface area (Å²) < 4.78 is 5.65. The predicted octanol–water partition coefficient (Wildman–Crippen LogP) is 2.89. The Morgan fingerprint density at radius 2 is 2.21 bits per heavy atom. The summed E-state index contributed by atoms with van der Waals surface area (Å²) in [4.78, 5) is 2.62. The maximum absolute atomic E-state index is 5.65. The zero-order valence-electron chi connectivity index (χ0n) is 9.29. The average molecular weight is 278 g/mol. The van der Waals surface area contributed by atoms with Crippen molar-refractivity contribution in [3.05, 3.63) is 12.2 Å². The van der Waals surface area contributed by atoms with Gasteiger partial charge < -0.3 is 4.74 Å². The second-order valence-electron chi connectivity index (χ2n) is 4.92. The molecule has 1 rings (SSSR count). The summed E-state index contributed by atoms with van der Waals surface area (Å²) in [6, 6.07) is 1.25. The van der Waals surface area contributed by atoms with E-state index in [1.54, 1.807) is 0 Å². The van der Waals surface area contributed by atoms with Crippen molar-refractivity contribution < 1.29 is 4.74 Å². The second kappa shape index (κ2) is 5.44. The molecule has 0 aromatic carbocycles. The van der Waals surface area contributed by atoms with Crippen molar-refractivity contribution in [3.8, 4) is 0 Å². The Bertz CT molecular complexity index is 203. The van der Waals surface area contributed by atoms with Crippen LogP contribution in [0.1, 0.15) is 0 Å². The molecule has 1 heterocycles. The molecule has 0 aromatic heterocycles. The monoisotopic (exact) mass is 277 g/mol. The van der Waals surface area contributed by atoms with E-state index in [0.717, 1.165) is 19.9 Å². The number of rotatable bonds is 5. The van der Waals surface area contributed by atoms with E-state index in [9.17, 15) is 0 Å². The standard InChI is InChI=1S/C10H20BrNOSi/c1-14(2,3)8-7-13-9-12-6-4-5-10(12)11/h4-5,10H,6-9H2,1-3H3. The molecule has 14 heavy (non-hydrogen) atoms. The fourth-order valence-electron chi connectivity index (χ4n) is 1.22. The lowest BCUT2D eigenvalue weighted by molar-refractivity contribution is 0.0480. The molecule has 0 N–H and O–H groups in total. The molecule has 1 atom stereocenters. The minimum absolute atomic E-state index is 0.370. The van der Waals surface area contributed by atoms with Gasteiger partial charge in [0.25, 0.3) is 0 Å². The minimum atomic E-state index is -0.922. The SMILES string of the molecule is C[Si](C)(C)CCOCN1CC=CC1Br. The third kappa shape index (κ3) is 4.73. The van der Waals surface area contributed by atoms with E-state index in [4.69, 9.17) is 4.74 Å². The van der Waals surface area contributed by atoms with Crippen molar-refractivity contribution in [2.45, 2.75) is 30.6 Å². The van der Waals surface area contributed by atoms with Crippen molar-refractivity contribution in [3.63, 3.8) is 0 Å². The zero-order chi connectivity index (χ0) is 10.6. The van der Waals surface area contributed by atoms with Crippen LogP contribution in [-0.2, 0) is 4.74 Å². The molecule has 0 spiro atoms. The highest BCUT2D eigenvalue weighted by Gasteiger charge is 2.17. The molecule has 0 aromatic rings. The maximum atomic E-state index is 5.65. The molecular weight excluding hydrogens is 258 g/mol. The lowest BCUT2D eigenvalue weighted by Gasteiger charge is -2.21. The van der Waals surface area contributed by atoms with Crippen LogP contribution in [0.5, 0.6) is 0 Å². The zero-order valence-corrected chi connectivity index (χ0v) is 11.9. The molecule has 0 amide bonds. The Kier molecular flexibility index (Phi) is 4.83. The molecule has 1 aliphatic heterocycles. The number of hydrogen-bond acceptors (Lipinski definition) is 2. The van der Waals surface area contributed by atoms with Gasteiger partial charge in [-0.1, -0.05) is 47.7 Å². The van der Waals surface area contributed by atoms with Crippen LogP contribution in [0.3, 0.4) is 0 Å². The molecule has 0 aliphatic carbocycles. The van der Waals surface area contributed by atoms with Crippen molar-refractivity contribution in [1.29, 1.82) is 0 Å². The molecule has 0 saturated heterocycles. The van der Waals surface area contributed by atoms with Crippen molar-refractivity contribution >= 4 is 24.0 Å². The topological polar surface area (TPSA) is 12.5 Å². The van der Waals surface area contributed by atoms with E-state index in [1.807, 2.05) is 0 Å². The molecule has 0 radical (unpaired) electrons. The molecular formula is C10H20BrNOSi. The highest BCUT2D eigenvalue weighted by molar-refractivity contribution is 9.09. The van der Waals surface area contributed by atoms with Gasteiger partial charge in [0.1, 0.15) is 6.73 Å². The number of hydrogen-bond donors (Lipinski definition) is 0. The Morgan fingerprint density at radius 3 is 2.71 bits per heavy atom. The lowest BCUT2D eigenvalue weighted by Crippen LogP contribution is -2.30. The lowest BCUT2D eigenvalue weighted by atomic mass is 10.6. The van der Waals surface area contributed by atoms with Crippen LogP contribution in [0, 0.1) is 0 Å². The summed E-state index contributed by atoms with van der Waals surface area (Å²) in [7, 11) is -0.922. The normalized spacial score (nSPS) is 23.3.